The maximum absolute atomic E-state index is 13.2. The molecule has 1 atom stereocenters. The van der Waals surface area contributed by atoms with E-state index in [0.29, 0.717) is 33.6 Å². The second-order valence-corrected chi connectivity index (χ2v) is 9.10. The van der Waals surface area contributed by atoms with E-state index in [1.54, 1.807) is 9.58 Å². The quantitative estimate of drug-likeness (QED) is 0.437. The van der Waals surface area contributed by atoms with Gasteiger partial charge in [0.2, 0.25) is 17.9 Å². The van der Waals surface area contributed by atoms with E-state index in [0.717, 1.165) is 15.8 Å². The number of H-pyrrole nitrogens is 1. The highest BCUT2D eigenvalue weighted by molar-refractivity contribution is 9.10. The van der Waals surface area contributed by atoms with Gasteiger partial charge in [-0.2, -0.15) is 0 Å². The molecule has 1 N–H and O–H groups in total. The molecule has 2 aliphatic rings. The van der Waals surface area contributed by atoms with Gasteiger partial charge >= 0.3 is 11.3 Å². The summed E-state index contributed by atoms with van der Waals surface area (Å²) in [7, 11) is 0. The molecule has 158 valence electrons. The number of aromatic nitrogens is 3. The Morgan fingerprint density at radius 2 is 2.06 bits per heavy atom. The first-order valence-electron chi connectivity index (χ1n) is 9.66. The monoisotopic (exact) mass is 501 g/mol. The number of hydrogen-bond acceptors (Lipinski definition) is 6. The molecule has 0 radical (unpaired) electrons. The van der Waals surface area contributed by atoms with Crippen molar-refractivity contribution >= 4 is 39.3 Å². The molecule has 3 heterocycles. The lowest BCUT2D eigenvalue weighted by molar-refractivity contribution is -0.763. The van der Waals surface area contributed by atoms with E-state index in [2.05, 4.69) is 20.9 Å². The second kappa shape index (κ2) is 7.69. The number of aromatic amines is 1. The Labute approximate surface area is 190 Å². The number of anilines is 1. The number of para-hydroxylation sites is 1. The van der Waals surface area contributed by atoms with E-state index >= 15 is 0 Å². The van der Waals surface area contributed by atoms with Crippen LogP contribution in [-0.2, 0) is 4.79 Å². The number of carbonyl (C=O) groups excluding carboxylic acids is 1. The van der Waals surface area contributed by atoms with Crippen molar-refractivity contribution in [1.82, 2.24) is 10.1 Å². The molecule has 0 saturated carbocycles. The Bertz CT molecular complexity index is 1280. The van der Waals surface area contributed by atoms with Crippen LogP contribution in [0.2, 0.25) is 0 Å². The first-order chi connectivity index (χ1) is 15.0. The van der Waals surface area contributed by atoms with Crippen LogP contribution < -0.4 is 24.6 Å². The van der Waals surface area contributed by atoms with Crippen molar-refractivity contribution in [3.8, 4) is 22.8 Å². The van der Waals surface area contributed by atoms with E-state index in [4.69, 9.17) is 14.6 Å². The van der Waals surface area contributed by atoms with Gasteiger partial charge in [-0.3, -0.25) is 14.6 Å². The first kappa shape index (κ1) is 20.1. The van der Waals surface area contributed by atoms with Crippen LogP contribution in [0.25, 0.3) is 11.3 Å². The maximum atomic E-state index is 13.2. The number of hydrogen-bond donors (Lipinski definition) is 1. The van der Waals surface area contributed by atoms with Crippen LogP contribution in [0.4, 0.5) is 5.69 Å². The van der Waals surface area contributed by atoms with Gasteiger partial charge in [-0.15, -0.1) is 0 Å². The van der Waals surface area contributed by atoms with Gasteiger partial charge in [0.15, 0.2) is 11.5 Å². The zero-order valence-electron chi connectivity index (χ0n) is 16.7. The number of thioether (sulfide) groups is 1. The normalized spacial score (nSPS) is 16.1. The van der Waals surface area contributed by atoms with Gasteiger partial charge in [0, 0.05) is 16.5 Å². The third-order valence-electron chi connectivity index (χ3n) is 5.15. The predicted molar refractivity (Wildman–Crippen MR) is 118 cm³/mol. The van der Waals surface area contributed by atoms with Crippen LogP contribution in [0.3, 0.4) is 0 Å². The first-order valence-corrected chi connectivity index (χ1v) is 11.4. The Hall–Kier alpha value is -2.85. The van der Waals surface area contributed by atoms with Crippen molar-refractivity contribution in [2.45, 2.75) is 25.2 Å². The molecule has 2 aromatic carbocycles. The number of nitrogens with one attached hydrogen (secondary N) is 1. The zero-order valence-corrected chi connectivity index (χ0v) is 19.1. The fourth-order valence-corrected chi connectivity index (χ4v) is 5.04. The minimum absolute atomic E-state index is 0.133. The van der Waals surface area contributed by atoms with Gasteiger partial charge in [0.05, 0.1) is 16.8 Å². The van der Waals surface area contributed by atoms with Crippen molar-refractivity contribution < 1.29 is 19.0 Å². The average molecular weight is 502 g/mol. The topological polar surface area (TPSA) is 88.4 Å². The summed E-state index contributed by atoms with van der Waals surface area (Å²) in [5, 5.41) is 5.21. The lowest BCUT2D eigenvalue weighted by Crippen LogP contribution is -2.60. The van der Waals surface area contributed by atoms with Crippen molar-refractivity contribution in [1.29, 1.82) is 0 Å². The fraction of sp³-hybridized carbons (Fsp3) is 0.238. The van der Waals surface area contributed by atoms with Crippen LogP contribution in [0, 0.1) is 0 Å². The molecule has 0 fully saturated rings. The summed E-state index contributed by atoms with van der Waals surface area (Å²) in [5.41, 5.74) is 2.15. The maximum Gasteiger partial charge on any atom is 0.325 e. The molecule has 0 bridgehead atoms. The summed E-state index contributed by atoms with van der Waals surface area (Å²) >= 11 is 5.04. The van der Waals surface area contributed by atoms with Crippen molar-refractivity contribution in [2.75, 3.05) is 17.4 Å². The minimum atomic E-state index is -0.690. The highest BCUT2D eigenvalue weighted by Gasteiger charge is 2.46. The molecule has 31 heavy (non-hydrogen) atoms. The van der Waals surface area contributed by atoms with Crippen LogP contribution in [0.1, 0.15) is 25.6 Å². The number of fused-ring (bicyclic) bond motifs is 4. The molecule has 3 aromatic rings. The number of nitrogens with zero attached hydrogens (tertiary/aromatic N) is 3. The lowest BCUT2D eigenvalue weighted by Gasteiger charge is -2.31. The van der Waals surface area contributed by atoms with E-state index in [-0.39, 0.29) is 18.3 Å². The van der Waals surface area contributed by atoms with Gasteiger partial charge in [0.1, 0.15) is 0 Å². The van der Waals surface area contributed by atoms with Gasteiger partial charge in [-0.05, 0) is 34.7 Å². The molecular weight excluding hydrogens is 484 g/mol. The molecule has 0 spiro atoms. The smallest absolute Gasteiger partial charge is 0.325 e. The van der Waals surface area contributed by atoms with E-state index in [1.165, 1.54) is 18.7 Å². The van der Waals surface area contributed by atoms with Crippen molar-refractivity contribution in [3.63, 3.8) is 0 Å². The van der Waals surface area contributed by atoms with Gasteiger partial charge in [-0.1, -0.05) is 46.7 Å². The van der Waals surface area contributed by atoms with Crippen LogP contribution >= 0.6 is 27.7 Å². The molecule has 0 saturated heterocycles. The van der Waals surface area contributed by atoms with Gasteiger partial charge < -0.3 is 9.47 Å². The third kappa shape index (κ3) is 3.21. The number of rotatable bonds is 3. The van der Waals surface area contributed by atoms with Crippen LogP contribution in [0.5, 0.6) is 11.5 Å². The zero-order chi connectivity index (χ0) is 21.7. The summed E-state index contributed by atoms with van der Waals surface area (Å²) in [5.74, 6) is 1.77. The summed E-state index contributed by atoms with van der Waals surface area (Å²) in [4.78, 5) is 30.6. The van der Waals surface area contributed by atoms with Crippen molar-refractivity contribution in [3.05, 3.63) is 56.8 Å². The van der Waals surface area contributed by atoms with Crippen LogP contribution in [0.15, 0.2) is 50.8 Å². The predicted octanol–water partition coefficient (Wildman–Crippen LogP) is 3.24. The Balaban J connectivity index is 1.84. The molecule has 1 amide bonds. The molecular formula is C21H18BrN4O4S+. The summed E-state index contributed by atoms with van der Waals surface area (Å²) in [6.07, 6.45) is -0.690. The summed E-state index contributed by atoms with van der Waals surface area (Å²) in [6, 6.07) is 11.0. The van der Waals surface area contributed by atoms with Gasteiger partial charge in [0.25, 0.3) is 6.17 Å². The largest absolute Gasteiger partial charge is 0.454 e. The Morgan fingerprint density at radius 3 is 2.81 bits per heavy atom. The highest BCUT2D eigenvalue weighted by atomic mass is 79.9. The Morgan fingerprint density at radius 1 is 1.32 bits per heavy atom. The average Bonchev–Trinajstić information content (AvgIpc) is 3.19. The van der Waals surface area contributed by atoms with Gasteiger partial charge in [-0.25, -0.2) is 4.90 Å². The number of halogens is 1. The molecule has 5 rings (SSSR count). The van der Waals surface area contributed by atoms with E-state index in [1.807, 2.05) is 43.3 Å². The van der Waals surface area contributed by atoms with Crippen molar-refractivity contribution in [2.24, 2.45) is 0 Å². The second-order valence-electron chi connectivity index (χ2n) is 6.99. The highest BCUT2D eigenvalue weighted by Crippen LogP contribution is 2.43. The molecule has 2 aliphatic heterocycles. The lowest BCUT2D eigenvalue weighted by atomic mass is 10.0. The van der Waals surface area contributed by atoms with E-state index in [9.17, 15) is 9.59 Å². The number of amides is 1. The fourth-order valence-electron chi connectivity index (χ4n) is 3.93. The summed E-state index contributed by atoms with van der Waals surface area (Å²) in [6.45, 7) is 3.62. The van der Waals surface area contributed by atoms with E-state index < -0.39 is 6.17 Å². The van der Waals surface area contributed by atoms with Crippen LogP contribution in [-0.4, -0.2) is 28.5 Å². The number of carbonyl (C=O) groups is 1. The number of ether oxygens (including phenoxy) is 2. The molecule has 0 unspecified atom stereocenters. The Kier molecular flexibility index (Phi) is 4.98. The standard InChI is InChI=1S/C21H17BrN4O4S/c1-3-31-21-23-19(28)18-12-6-4-5-7-15(12)25(11(2)27)20(26(18)24-21)13-8-16-17(9-14(13)22)30-10-29-16/h4-9,20H,3,10H2,1-2H3/p+1/t20-/m1/s1. The molecule has 0 aliphatic carbocycles. The molecule has 1 aromatic heterocycles. The molecule has 8 nitrogen and oxygen atoms in total. The SMILES string of the molecule is CCSc1n[n+]2c(c(=O)[nH]1)-c1ccccc1N(C(C)=O)[C@H]2c1cc2c(cc1Br)OCO2. The molecule has 10 heteroatoms. The third-order valence-corrected chi connectivity index (χ3v) is 6.58. The minimum Gasteiger partial charge on any atom is -0.454 e. The summed E-state index contributed by atoms with van der Waals surface area (Å²) < 4.78 is 13.4. The number of benzene rings is 2.